The second kappa shape index (κ2) is 20.1. The molecule has 0 fully saturated rings. The molecule has 25 heavy (non-hydrogen) atoms. The molecule has 0 rings (SSSR count). The van der Waals surface area contributed by atoms with Gasteiger partial charge in [-0.1, -0.05) is 58.3 Å². The Labute approximate surface area is 155 Å². The number of hydrogen-bond acceptors (Lipinski definition) is 5. The summed E-state index contributed by atoms with van der Waals surface area (Å²) < 4.78 is 10.8. The lowest BCUT2D eigenvalue weighted by atomic mass is 10.0. The number of rotatable bonds is 20. The van der Waals surface area contributed by atoms with Crippen molar-refractivity contribution in [3.63, 3.8) is 0 Å². The number of ether oxygens (including phenoxy) is 2. The fourth-order valence-electron chi connectivity index (χ4n) is 3.01. The van der Waals surface area contributed by atoms with Crippen LogP contribution in [0.3, 0.4) is 0 Å². The van der Waals surface area contributed by atoms with Gasteiger partial charge in [0.1, 0.15) is 0 Å². The van der Waals surface area contributed by atoms with E-state index in [0.29, 0.717) is 32.5 Å². The molecule has 0 aromatic rings. The van der Waals surface area contributed by atoms with E-state index >= 15 is 0 Å². The van der Waals surface area contributed by atoms with Crippen LogP contribution in [0.5, 0.6) is 0 Å². The van der Waals surface area contributed by atoms with Crippen LogP contribution in [0.25, 0.3) is 0 Å². The Morgan fingerprint density at radius 3 is 1.68 bits per heavy atom. The molecule has 2 N–H and O–H groups in total. The van der Waals surface area contributed by atoms with Crippen molar-refractivity contribution in [3.8, 4) is 0 Å². The lowest BCUT2D eigenvalue weighted by Crippen LogP contribution is -2.38. The highest BCUT2D eigenvalue weighted by molar-refractivity contribution is 4.67. The molecule has 0 aromatic carbocycles. The first-order chi connectivity index (χ1) is 12.3. The van der Waals surface area contributed by atoms with E-state index in [1.807, 2.05) is 0 Å². The minimum absolute atomic E-state index is 0.0768. The monoisotopic (exact) mass is 361 g/mol. The maximum atomic E-state index is 8.79. The lowest BCUT2D eigenvalue weighted by molar-refractivity contribution is 0.0382. The second-order valence-electron chi connectivity index (χ2n) is 6.82. The molecule has 0 aliphatic rings. The number of hydrogen-bond donors (Lipinski definition) is 2. The Morgan fingerprint density at radius 1 is 0.720 bits per heavy atom. The molecule has 0 radical (unpaired) electrons. The van der Waals surface area contributed by atoms with E-state index in [1.54, 1.807) is 0 Å². The molecule has 0 heterocycles. The van der Waals surface area contributed by atoms with E-state index in [9.17, 15) is 0 Å². The van der Waals surface area contributed by atoms with Crippen LogP contribution in [0.2, 0.25) is 0 Å². The topological polar surface area (TPSA) is 62.2 Å². The quantitative estimate of drug-likeness (QED) is 0.326. The molecular weight excluding hydrogens is 318 g/mol. The Balaban J connectivity index is 3.86. The molecule has 0 aliphatic heterocycles. The molecule has 0 saturated carbocycles. The first-order valence-electron chi connectivity index (χ1n) is 10.4. The second-order valence-corrected chi connectivity index (χ2v) is 6.82. The first kappa shape index (κ1) is 24.8. The van der Waals surface area contributed by atoms with Crippen LogP contribution >= 0.6 is 0 Å². The predicted molar refractivity (Wildman–Crippen MR) is 104 cm³/mol. The van der Waals surface area contributed by atoms with Crippen molar-refractivity contribution in [2.75, 3.05) is 52.7 Å². The SMILES string of the molecule is CCCCCCCCCCC(C)N(CCOCCO)CCOCCO. The summed E-state index contributed by atoms with van der Waals surface area (Å²) in [6.45, 7) is 8.51. The van der Waals surface area contributed by atoms with E-state index in [0.717, 1.165) is 13.1 Å². The fourth-order valence-corrected chi connectivity index (χ4v) is 3.01. The molecule has 5 nitrogen and oxygen atoms in total. The summed E-state index contributed by atoms with van der Waals surface area (Å²) in [4.78, 5) is 2.40. The molecule has 0 amide bonds. The summed E-state index contributed by atoms with van der Waals surface area (Å²) in [6, 6.07) is 0.510. The number of nitrogens with zero attached hydrogens (tertiary/aromatic N) is 1. The maximum absolute atomic E-state index is 8.79. The molecule has 1 unspecified atom stereocenters. The Bertz CT molecular complexity index is 242. The third-order valence-corrected chi connectivity index (χ3v) is 4.62. The summed E-state index contributed by atoms with van der Waals surface area (Å²) in [5.41, 5.74) is 0. The van der Waals surface area contributed by atoms with Crippen molar-refractivity contribution in [3.05, 3.63) is 0 Å². The van der Waals surface area contributed by atoms with Crippen molar-refractivity contribution in [2.24, 2.45) is 0 Å². The van der Waals surface area contributed by atoms with Gasteiger partial charge in [-0.3, -0.25) is 4.90 Å². The van der Waals surface area contributed by atoms with Gasteiger partial charge < -0.3 is 19.7 Å². The average Bonchev–Trinajstić information content (AvgIpc) is 2.62. The van der Waals surface area contributed by atoms with Gasteiger partial charge in [0.05, 0.1) is 39.6 Å². The molecule has 0 aromatic heterocycles. The third-order valence-electron chi connectivity index (χ3n) is 4.62. The Morgan fingerprint density at radius 2 is 1.20 bits per heavy atom. The molecule has 0 spiro atoms. The van der Waals surface area contributed by atoms with Crippen molar-refractivity contribution >= 4 is 0 Å². The predicted octanol–water partition coefficient (Wildman–Crippen LogP) is 3.23. The summed E-state index contributed by atoms with van der Waals surface area (Å²) in [6.07, 6.45) is 12.0. The van der Waals surface area contributed by atoms with Gasteiger partial charge in [-0.05, 0) is 13.3 Å². The normalized spacial score (nSPS) is 12.8. The van der Waals surface area contributed by atoms with Crippen LogP contribution in [-0.4, -0.2) is 73.9 Å². The summed E-state index contributed by atoms with van der Waals surface area (Å²) in [5.74, 6) is 0. The third kappa shape index (κ3) is 17.0. The molecule has 0 saturated heterocycles. The highest BCUT2D eigenvalue weighted by atomic mass is 16.5. The number of aliphatic hydroxyl groups excluding tert-OH is 2. The minimum atomic E-state index is 0.0768. The Hall–Kier alpha value is -0.200. The first-order valence-corrected chi connectivity index (χ1v) is 10.4. The van der Waals surface area contributed by atoms with Gasteiger partial charge in [-0.2, -0.15) is 0 Å². The van der Waals surface area contributed by atoms with Gasteiger partial charge in [0, 0.05) is 19.1 Å². The van der Waals surface area contributed by atoms with Crippen molar-refractivity contribution in [1.82, 2.24) is 4.90 Å². The number of aliphatic hydroxyl groups is 2. The summed E-state index contributed by atoms with van der Waals surface area (Å²) in [5, 5.41) is 17.6. The summed E-state index contributed by atoms with van der Waals surface area (Å²) in [7, 11) is 0. The number of unbranched alkanes of at least 4 members (excludes halogenated alkanes) is 7. The Kier molecular flexibility index (Phi) is 20.0. The average molecular weight is 362 g/mol. The van der Waals surface area contributed by atoms with Crippen LogP contribution < -0.4 is 0 Å². The fraction of sp³-hybridized carbons (Fsp3) is 1.00. The van der Waals surface area contributed by atoms with E-state index in [1.165, 1.54) is 57.8 Å². The van der Waals surface area contributed by atoms with Crippen molar-refractivity contribution in [2.45, 2.75) is 77.7 Å². The van der Waals surface area contributed by atoms with Gasteiger partial charge in [-0.25, -0.2) is 0 Å². The van der Waals surface area contributed by atoms with Crippen LogP contribution in [0.1, 0.15) is 71.6 Å². The van der Waals surface area contributed by atoms with Crippen molar-refractivity contribution < 1.29 is 19.7 Å². The van der Waals surface area contributed by atoms with Gasteiger partial charge in [0.2, 0.25) is 0 Å². The van der Waals surface area contributed by atoms with Gasteiger partial charge in [0.15, 0.2) is 0 Å². The van der Waals surface area contributed by atoms with E-state index in [4.69, 9.17) is 19.7 Å². The molecule has 0 bridgehead atoms. The van der Waals surface area contributed by atoms with Crippen LogP contribution in [0, 0.1) is 0 Å². The van der Waals surface area contributed by atoms with Gasteiger partial charge >= 0.3 is 0 Å². The van der Waals surface area contributed by atoms with E-state index < -0.39 is 0 Å². The van der Waals surface area contributed by atoms with Gasteiger partial charge in [0.25, 0.3) is 0 Å². The highest BCUT2D eigenvalue weighted by Gasteiger charge is 2.13. The van der Waals surface area contributed by atoms with Crippen LogP contribution in [0.15, 0.2) is 0 Å². The summed E-state index contributed by atoms with van der Waals surface area (Å²) >= 11 is 0. The largest absolute Gasteiger partial charge is 0.394 e. The highest BCUT2D eigenvalue weighted by Crippen LogP contribution is 2.13. The van der Waals surface area contributed by atoms with Crippen LogP contribution in [0.4, 0.5) is 0 Å². The molecule has 152 valence electrons. The molecule has 1 atom stereocenters. The van der Waals surface area contributed by atoms with Crippen molar-refractivity contribution in [1.29, 1.82) is 0 Å². The molecule has 5 heteroatoms. The minimum Gasteiger partial charge on any atom is -0.394 e. The smallest absolute Gasteiger partial charge is 0.0698 e. The van der Waals surface area contributed by atoms with E-state index in [-0.39, 0.29) is 13.2 Å². The van der Waals surface area contributed by atoms with Crippen LogP contribution in [-0.2, 0) is 9.47 Å². The van der Waals surface area contributed by atoms with Gasteiger partial charge in [-0.15, -0.1) is 0 Å². The zero-order valence-corrected chi connectivity index (χ0v) is 16.8. The molecular formula is C20H43NO4. The van der Waals surface area contributed by atoms with E-state index in [2.05, 4.69) is 18.7 Å². The maximum Gasteiger partial charge on any atom is 0.0698 e. The zero-order chi connectivity index (χ0) is 18.6. The lowest BCUT2D eigenvalue weighted by Gasteiger charge is -2.29. The zero-order valence-electron chi connectivity index (χ0n) is 16.8. The standard InChI is InChI=1S/C20H43NO4/c1-3-4-5-6-7-8-9-10-11-20(2)21(12-16-24-18-14-22)13-17-25-19-15-23/h20,22-23H,3-19H2,1-2H3. The molecule has 0 aliphatic carbocycles.